The van der Waals surface area contributed by atoms with Crippen molar-refractivity contribution in [2.75, 3.05) is 19.8 Å². The van der Waals surface area contributed by atoms with Gasteiger partial charge in [0.2, 0.25) is 0 Å². The van der Waals surface area contributed by atoms with Crippen molar-refractivity contribution in [2.45, 2.75) is 25.9 Å². The lowest BCUT2D eigenvalue weighted by molar-refractivity contribution is -0.151. The predicted octanol–water partition coefficient (Wildman–Crippen LogP) is 1.84. The predicted molar refractivity (Wildman–Crippen MR) is 68.5 cm³/mol. The molecule has 2 rings (SSSR count). The van der Waals surface area contributed by atoms with Crippen LogP contribution < -0.4 is 0 Å². The number of carboxylic acids is 1. The molecule has 0 aliphatic carbocycles. The lowest BCUT2D eigenvalue weighted by Gasteiger charge is -2.38. The molecule has 1 saturated heterocycles. The van der Waals surface area contributed by atoms with Gasteiger partial charge in [0.1, 0.15) is 6.04 Å². The molecule has 1 fully saturated rings. The molecule has 2 atom stereocenters. The number of carboxylic acid groups (broad SMARTS) is 1. The van der Waals surface area contributed by atoms with Crippen molar-refractivity contribution in [1.29, 1.82) is 0 Å². The SMILES string of the molecule is Cc1ccccc1C(C)N1CCOCC1C(=O)O. The second-order valence-corrected chi connectivity index (χ2v) is 4.70. The topological polar surface area (TPSA) is 49.8 Å². The van der Waals surface area contributed by atoms with Crippen molar-refractivity contribution in [3.8, 4) is 0 Å². The summed E-state index contributed by atoms with van der Waals surface area (Å²) in [6.45, 7) is 5.64. The van der Waals surface area contributed by atoms with Gasteiger partial charge in [0.05, 0.1) is 13.2 Å². The smallest absolute Gasteiger partial charge is 0.323 e. The number of ether oxygens (including phenoxy) is 1. The number of benzene rings is 1. The van der Waals surface area contributed by atoms with Crippen molar-refractivity contribution in [2.24, 2.45) is 0 Å². The number of carbonyl (C=O) groups is 1. The number of hydrogen-bond donors (Lipinski definition) is 1. The number of aliphatic carboxylic acids is 1. The molecule has 98 valence electrons. The van der Waals surface area contributed by atoms with Gasteiger partial charge in [0, 0.05) is 12.6 Å². The number of aryl methyl sites for hydroxylation is 1. The maximum absolute atomic E-state index is 11.3. The molecule has 2 unspecified atom stereocenters. The molecular weight excluding hydrogens is 230 g/mol. The fourth-order valence-electron chi connectivity index (χ4n) is 2.53. The number of morpholine rings is 1. The van der Waals surface area contributed by atoms with Crippen LogP contribution in [0.15, 0.2) is 24.3 Å². The molecule has 4 heteroatoms. The van der Waals surface area contributed by atoms with E-state index in [4.69, 9.17) is 4.74 Å². The van der Waals surface area contributed by atoms with E-state index in [9.17, 15) is 9.90 Å². The number of nitrogens with zero attached hydrogens (tertiary/aromatic N) is 1. The third-order valence-electron chi connectivity index (χ3n) is 3.59. The van der Waals surface area contributed by atoms with E-state index in [0.29, 0.717) is 13.2 Å². The van der Waals surface area contributed by atoms with E-state index in [1.54, 1.807) is 0 Å². The molecule has 0 saturated carbocycles. The van der Waals surface area contributed by atoms with E-state index in [0.717, 1.165) is 0 Å². The van der Waals surface area contributed by atoms with Gasteiger partial charge >= 0.3 is 5.97 Å². The standard InChI is InChI=1S/C14H19NO3/c1-10-5-3-4-6-12(10)11(2)15-7-8-18-9-13(15)14(16)17/h3-6,11,13H,7-9H2,1-2H3,(H,16,17). The Balaban J connectivity index is 2.23. The zero-order valence-corrected chi connectivity index (χ0v) is 10.8. The molecule has 1 aliphatic rings. The molecule has 18 heavy (non-hydrogen) atoms. The summed E-state index contributed by atoms with van der Waals surface area (Å²) < 4.78 is 5.27. The first-order valence-electron chi connectivity index (χ1n) is 6.23. The lowest BCUT2D eigenvalue weighted by Crippen LogP contribution is -2.50. The Morgan fingerprint density at radius 1 is 1.50 bits per heavy atom. The summed E-state index contributed by atoms with van der Waals surface area (Å²) in [6, 6.07) is 7.66. The molecular formula is C14H19NO3. The van der Waals surface area contributed by atoms with Crippen LogP contribution in [0.1, 0.15) is 24.1 Å². The van der Waals surface area contributed by atoms with Crippen molar-refractivity contribution in [3.63, 3.8) is 0 Å². The van der Waals surface area contributed by atoms with Crippen LogP contribution in [0, 0.1) is 6.92 Å². The highest BCUT2D eigenvalue weighted by Gasteiger charge is 2.33. The van der Waals surface area contributed by atoms with Gasteiger partial charge in [-0.25, -0.2) is 0 Å². The number of hydrogen-bond acceptors (Lipinski definition) is 3. The van der Waals surface area contributed by atoms with Crippen LogP contribution in [0.4, 0.5) is 0 Å². The Kier molecular flexibility index (Phi) is 3.99. The normalized spacial score (nSPS) is 22.7. The Morgan fingerprint density at radius 3 is 2.89 bits per heavy atom. The van der Waals surface area contributed by atoms with E-state index in [1.807, 2.05) is 17.0 Å². The van der Waals surface area contributed by atoms with Crippen LogP contribution in [0.5, 0.6) is 0 Å². The van der Waals surface area contributed by atoms with Gasteiger partial charge in [-0.05, 0) is 25.0 Å². The van der Waals surface area contributed by atoms with E-state index in [1.165, 1.54) is 11.1 Å². The molecule has 1 aromatic carbocycles. The van der Waals surface area contributed by atoms with E-state index < -0.39 is 12.0 Å². The van der Waals surface area contributed by atoms with Crippen molar-refractivity contribution >= 4 is 5.97 Å². The van der Waals surface area contributed by atoms with Gasteiger partial charge in [-0.2, -0.15) is 0 Å². The van der Waals surface area contributed by atoms with Gasteiger partial charge in [-0.15, -0.1) is 0 Å². The zero-order valence-electron chi connectivity index (χ0n) is 10.8. The van der Waals surface area contributed by atoms with Crippen molar-refractivity contribution in [1.82, 2.24) is 4.90 Å². The molecule has 1 N–H and O–H groups in total. The summed E-state index contributed by atoms with van der Waals surface area (Å²) in [5.74, 6) is -0.810. The monoisotopic (exact) mass is 249 g/mol. The second-order valence-electron chi connectivity index (χ2n) is 4.70. The molecule has 1 heterocycles. The van der Waals surface area contributed by atoms with Gasteiger partial charge < -0.3 is 9.84 Å². The first-order chi connectivity index (χ1) is 8.61. The van der Waals surface area contributed by atoms with Crippen molar-refractivity contribution < 1.29 is 14.6 Å². The summed E-state index contributed by atoms with van der Waals surface area (Å²) in [7, 11) is 0. The fourth-order valence-corrected chi connectivity index (χ4v) is 2.53. The summed E-state index contributed by atoms with van der Waals surface area (Å²) in [5, 5.41) is 9.25. The molecule has 1 aromatic rings. The summed E-state index contributed by atoms with van der Waals surface area (Å²) >= 11 is 0. The average Bonchev–Trinajstić information content (AvgIpc) is 2.38. The molecule has 1 aliphatic heterocycles. The van der Waals surface area contributed by atoms with Gasteiger partial charge in [0.15, 0.2) is 0 Å². The van der Waals surface area contributed by atoms with Crippen LogP contribution >= 0.6 is 0 Å². The maximum Gasteiger partial charge on any atom is 0.323 e. The summed E-state index contributed by atoms with van der Waals surface area (Å²) in [5.41, 5.74) is 2.38. The first-order valence-corrected chi connectivity index (χ1v) is 6.23. The van der Waals surface area contributed by atoms with Gasteiger partial charge in [-0.3, -0.25) is 9.69 Å². The van der Waals surface area contributed by atoms with Crippen LogP contribution in [-0.2, 0) is 9.53 Å². The van der Waals surface area contributed by atoms with Gasteiger partial charge in [-0.1, -0.05) is 24.3 Å². The lowest BCUT2D eigenvalue weighted by atomic mass is 9.99. The quantitative estimate of drug-likeness (QED) is 0.888. The van der Waals surface area contributed by atoms with Crippen LogP contribution in [-0.4, -0.2) is 41.8 Å². The Morgan fingerprint density at radius 2 is 2.22 bits per heavy atom. The highest BCUT2D eigenvalue weighted by molar-refractivity contribution is 5.73. The summed E-state index contributed by atoms with van der Waals surface area (Å²) in [4.78, 5) is 13.3. The van der Waals surface area contributed by atoms with E-state index in [2.05, 4.69) is 26.0 Å². The third-order valence-corrected chi connectivity index (χ3v) is 3.59. The molecule has 0 amide bonds. The highest BCUT2D eigenvalue weighted by atomic mass is 16.5. The average molecular weight is 249 g/mol. The largest absolute Gasteiger partial charge is 0.480 e. The van der Waals surface area contributed by atoms with Crippen LogP contribution in [0.25, 0.3) is 0 Å². The molecule has 4 nitrogen and oxygen atoms in total. The third kappa shape index (κ3) is 2.54. The van der Waals surface area contributed by atoms with Crippen LogP contribution in [0.2, 0.25) is 0 Å². The fraction of sp³-hybridized carbons (Fsp3) is 0.500. The molecule has 0 aromatic heterocycles. The minimum atomic E-state index is -0.810. The number of rotatable bonds is 3. The molecule has 0 bridgehead atoms. The van der Waals surface area contributed by atoms with E-state index >= 15 is 0 Å². The van der Waals surface area contributed by atoms with Crippen molar-refractivity contribution in [3.05, 3.63) is 35.4 Å². The minimum Gasteiger partial charge on any atom is -0.480 e. The molecule has 0 radical (unpaired) electrons. The second kappa shape index (κ2) is 5.50. The zero-order chi connectivity index (χ0) is 13.1. The Labute approximate surface area is 107 Å². The molecule has 0 spiro atoms. The van der Waals surface area contributed by atoms with Crippen LogP contribution in [0.3, 0.4) is 0 Å². The maximum atomic E-state index is 11.3. The Bertz CT molecular complexity index is 433. The van der Waals surface area contributed by atoms with Gasteiger partial charge in [0.25, 0.3) is 0 Å². The summed E-state index contributed by atoms with van der Waals surface area (Å²) in [6.07, 6.45) is 0. The van der Waals surface area contributed by atoms with E-state index in [-0.39, 0.29) is 12.6 Å². The highest BCUT2D eigenvalue weighted by Crippen LogP contribution is 2.26. The first kappa shape index (κ1) is 13.1. The minimum absolute atomic E-state index is 0.0937. The Hall–Kier alpha value is -1.39.